The van der Waals surface area contributed by atoms with E-state index in [1.807, 2.05) is 132 Å². The number of aromatic nitrogens is 4. The lowest BCUT2D eigenvalue weighted by Crippen LogP contribution is -2.48. The normalized spacial score (nSPS) is 11.6. The minimum absolute atomic E-state index is 0.149. The van der Waals surface area contributed by atoms with E-state index in [0.29, 0.717) is 83.6 Å². The van der Waals surface area contributed by atoms with Crippen LogP contribution in [0.25, 0.3) is 94.7 Å². The van der Waals surface area contributed by atoms with Crippen molar-refractivity contribution in [3.8, 4) is 51.0 Å². The van der Waals surface area contributed by atoms with Crippen molar-refractivity contribution in [3.63, 3.8) is 0 Å². The zero-order chi connectivity index (χ0) is 39.1. The molecule has 0 N–H and O–H groups in total. The maximum atomic E-state index is 7.14. The van der Waals surface area contributed by atoms with Crippen LogP contribution in [-0.4, -0.2) is 74.4 Å². The highest BCUT2D eigenvalue weighted by Crippen LogP contribution is 2.38. The first-order valence-electron chi connectivity index (χ1n) is 18.2. The van der Waals surface area contributed by atoms with Gasteiger partial charge in [-0.25, -0.2) is 15.0 Å². The summed E-state index contributed by atoms with van der Waals surface area (Å²) in [5.41, 5.74) is 8.55. The van der Waals surface area contributed by atoms with E-state index in [9.17, 15) is 0 Å². The van der Waals surface area contributed by atoms with Gasteiger partial charge in [-0.15, -0.1) is 10.9 Å². The van der Waals surface area contributed by atoms with Crippen LogP contribution in [0.1, 0.15) is 0 Å². The molecular weight excluding hydrogens is 688 g/mol. The molecule has 0 aliphatic rings. The van der Waals surface area contributed by atoms with E-state index in [0.717, 1.165) is 27.5 Å². The lowest BCUT2D eigenvalue weighted by atomic mass is 9.64. The second-order valence-corrected chi connectivity index (χ2v) is 13.9. The molecule has 0 aliphatic carbocycles. The van der Waals surface area contributed by atoms with Gasteiger partial charge in [0.25, 0.3) is 0 Å². The SMILES string of the molecule is [B]c1c([B])c([B])c2c(c1[B])c1c([B])c([B])c(-c3ccccc3)c([B])c1n2-c1ccc2oc3c(-c4nc(-c5ccccc5)nc(-c5ccccc5)n4)cccc3c2c1. The number of benzene rings is 7. The minimum atomic E-state index is 0.149. The molecule has 0 aliphatic heterocycles. The van der Waals surface area contributed by atoms with Crippen LogP contribution in [0.4, 0.5) is 0 Å². The Bertz CT molecular complexity index is 3200. The summed E-state index contributed by atoms with van der Waals surface area (Å²) in [5, 5.41) is 2.68. The molecule has 0 saturated carbocycles. The molecule has 10 aromatic rings. The Balaban J connectivity index is 1.25. The third-order valence-electron chi connectivity index (χ3n) is 10.7. The molecule has 0 amide bonds. The minimum Gasteiger partial charge on any atom is -0.455 e. The van der Waals surface area contributed by atoms with Crippen molar-refractivity contribution in [1.29, 1.82) is 0 Å². The largest absolute Gasteiger partial charge is 0.455 e. The monoisotopic (exact) mass is 710 g/mol. The summed E-state index contributed by atoms with van der Waals surface area (Å²) in [6.45, 7) is 0. The molecule has 10 rings (SSSR count). The van der Waals surface area contributed by atoms with Gasteiger partial charge in [-0.3, -0.25) is 0 Å². The molecule has 12 heteroatoms. The molecule has 0 bridgehead atoms. The van der Waals surface area contributed by atoms with Crippen molar-refractivity contribution >= 4 is 137 Å². The maximum Gasteiger partial charge on any atom is 0.167 e. The molecule has 5 nitrogen and oxygen atoms in total. The molecule has 3 heterocycles. The van der Waals surface area contributed by atoms with E-state index in [1.54, 1.807) is 0 Å². The summed E-state index contributed by atoms with van der Waals surface area (Å²) in [6.07, 6.45) is 0. The molecule has 0 saturated heterocycles. The van der Waals surface area contributed by atoms with Gasteiger partial charge in [0.2, 0.25) is 0 Å². The van der Waals surface area contributed by atoms with Crippen molar-refractivity contribution < 1.29 is 4.42 Å². The highest BCUT2D eigenvalue weighted by molar-refractivity contribution is 6.69. The second kappa shape index (κ2) is 13.4. The van der Waals surface area contributed by atoms with Gasteiger partial charge in [-0.05, 0) is 46.2 Å². The molecule has 0 spiro atoms. The van der Waals surface area contributed by atoms with Gasteiger partial charge in [0, 0.05) is 38.6 Å². The van der Waals surface area contributed by atoms with Gasteiger partial charge in [0.05, 0.1) is 5.56 Å². The first-order chi connectivity index (χ1) is 27.7. The third kappa shape index (κ3) is 5.38. The zero-order valence-electron chi connectivity index (χ0n) is 30.4. The summed E-state index contributed by atoms with van der Waals surface area (Å²) in [7, 11) is 47.3. The van der Waals surface area contributed by atoms with E-state index >= 15 is 0 Å². The first kappa shape index (κ1) is 35.0. The molecule has 14 radical (unpaired) electrons. The van der Waals surface area contributed by atoms with Gasteiger partial charge in [0.1, 0.15) is 66.1 Å². The average molecular weight is 709 g/mol. The average Bonchev–Trinajstić information content (AvgIpc) is 3.82. The van der Waals surface area contributed by atoms with Crippen molar-refractivity contribution in [1.82, 2.24) is 19.5 Å². The van der Waals surface area contributed by atoms with Crippen LogP contribution in [0, 0.1) is 0 Å². The fourth-order valence-corrected chi connectivity index (χ4v) is 7.90. The van der Waals surface area contributed by atoms with Gasteiger partial charge in [-0.2, -0.15) is 0 Å². The molecule has 0 atom stereocenters. The van der Waals surface area contributed by atoms with Crippen molar-refractivity contribution in [3.05, 3.63) is 127 Å². The van der Waals surface area contributed by atoms with Crippen LogP contribution in [0.3, 0.4) is 0 Å². The molecule has 0 unspecified atom stereocenters. The summed E-state index contributed by atoms with van der Waals surface area (Å²) < 4.78 is 8.56. The Morgan fingerprint density at radius 3 is 1.56 bits per heavy atom. The van der Waals surface area contributed by atoms with Crippen molar-refractivity contribution in [2.75, 3.05) is 0 Å². The molecule has 3 aromatic heterocycles. The Morgan fingerprint density at radius 1 is 0.421 bits per heavy atom. The van der Waals surface area contributed by atoms with E-state index in [2.05, 4.69) is 0 Å². The summed E-state index contributed by atoms with van der Waals surface area (Å²) >= 11 is 0. The highest BCUT2D eigenvalue weighted by atomic mass is 16.3. The zero-order valence-corrected chi connectivity index (χ0v) is 30.4. The van der Waals surface area contributed by atoms with Gasteiger partial charge in [0.15, 0.2) is 17.5 Å². The smallest absolute Gasteiger partial charge is 0.167 e. The van der Waals surface area contributed by atoms with Crippen LogP contribution >= 0.6 is 0 Å². The number of furan rings is 1. The number of rotatable bonds is 5. The van der Waals surface area contributed by atoms with E-state index in [4.69, 9.17) is 74.3 Å². The number of fused-ring (bicyclic) bond motifs is 6. The summed E-state index contributed by atoms with van der Waals surface area (Å²) in [6, 6.07) is 41.0. The Kier molecular flexibility index (Phi) is 8.22. The van der Waals surface area contributed by atoms with Gasteiger partial charge in [-0.1, -0.05) is 130 Å². The topological polar surface area (TPSA) is 56.7 Å². The Morgan fingerprint density at radius 2 is 0.947 bits per heavy atom. The van der Waals surface area contributed by atoms with Gasteiger partial charge < -0.3 is 8.98 Å². The standard InChI is InChI=1S/C45H21B7N4O/c46-33-30(22-11-4-1-5-12-22)36(49)40-31(34(33)47)32-35(48)37(50)38(51)39(52)41(32)56(40)25-19-20-29-28(21-25)26-17-10-18-27(42(26)57-29)45-54-43(23-13-6-2-7-14-23)53-44(55-45)24-15-8-3-9-16-24/h1-21H. The van der Waals surface area contributed by atoms with Crippen LogP contribution in [-0.2, 0) is 0 Å². The van der Waals surface area contributed by atoms with E-state index < -0.39 is 0 Å². The van der Waals surface area contributed by atoms with Crippen LogP contribution in [0.15, 0.2) is 132 Å². The lowest BCUT2D eigenvalue weighted by Gasteiger charge is -2.19. The predicted molar refractivity (Wildman–Crippen MR) is 241 cm³/mol. The first-order valence-corrected chi connectivity index (χ1v) is 18.2. The molecule has 7 aromatic carbocycles. The predicted octanol–water partition coefficient (Wildman–Crippen LogP) is 3.09. The second-order valence-electron chi connectivity index (χ2n) is 13.9. The third-order valence-corrected chi connectivity index (χ3v) is 10.7. The molecule has 57 heavy (non-hydrogen) atoms. The van der Waals surface area contributed by atoms with Crippen LogP contribution in [0.2, 0.25) is 0 Å². The van der Waals surface area contributed by atoms with Gasteiger partial charge >= 0.3 is 0 Å². The summed E-state index contributed by atoms with van der Waals surface area (Å²) in [5.74, 6) is 1.57. The quantitative estimate of drug-likeness (QED) is 0.258. The fourth-order valence-electron chi connectivity index (χ4n) is 7.90. The highest BCUT2D eigenvalue weighted by Gasteiger charge is 2.25. The summed E-state index contributed by atoms with van der Waals surface area (Å²) in [4.78, 5) is 14.8. The number of para-hydroxylation sites is 1. The van der Waals surface area contributed by atoms with E-state index in [1.165, 1.54) is 0 Å². The Hall–Kier alpha value is -6.40. The number of hydrogen-bond donors (Lipinski definition) is 0. The maximum absolute atomic E-state index is 7.14. The van der Waals surface area contributed by atoms with E-state index in [-0.39, 0.29) is 21.9 Å². The number of nitrogens with zero attached hydrogens (tertiary/aromatic N) is 4. The fraction of sp³-hybridized carbons (Fsp3) is 0. The number of hydrogen-bond acceptors (Lipinski definition) is 4. The molecular formula is C45H21B7N4O. The lowest BCUT2D eigenvalue weighted by molar-refractivity contribution is 0.669. The van der Waals surface area contributed by atoms with Crippen molar-refractivity contribution in [2.24, 2.45) is 0 Å². The van der Waals surface area contributed by atoms with Crippen molar-refractivity contribution in [2.45, 2.75) is 0 Å². The Labute approximate surface area is 337 Å². The van der Waals surface area contributed by atoms with Crippen LogP contribution < -0.4 is 38.2 Å². The van der Waals surface area contributed by atoms with Crippen LogP contribution in [0.5, 0.6) is 0 Å². The molecule has 0 fully saturated rings. The molecule has 248 valence electrons.